The van der Waals surface area contributed by atoms with E-state index in [0.29, 0.717) is 11.8 Å². The fourth-order valence-corrected chi connectivity index (χ4v) is 1.80. The van der Waals surface area contributed by atoms with E-state index < -0.39 is 17.8 Å². The number of nitrogens with zero attached hydrogens (tertiary/aromatic N) is 2. The van der Waals surface area contributed by atoms with E-state index in [1.54, 1.807) is 0 Å². The molecule has 20 heavy (non-hydrogen) atoms. The first kappa shape index (κ1) is 14.0. The number of aromatic nitrogens is 1. The summed E-state index contributed by atoms with van der Waals surface area (Å²) in [6.07, 6.45) is -4.14. The standard InChI is InChI=1S/C14H9F3N2O/c15-14(16,17)12-8-19-6-5-11(12)13(20)10-3-1-9(7-18)2-4-10/h1-6,8,13,20H. The average molecular weight is 278 g/mol. The van der Waals surface area contributed by atoms with Crippen molar-refractivity contribution in [3.05, 3.63) is 65.0 Å². The van der Waals surface area contributed by atoms with E-state index >= 15 is 0 Å². The second-order valence-electron chi connectivity index (χ2n) is 4.10. The summed E-state index contributed by atoms with van der Waals surface area (Å²) in [5, 5.41) is 18.8. The van der Waals surface area contributed by atoms with Crippen LogP contribution in [-0.4, -0.2) is 10.1 Å². The average Bonchev–Trinajstić information content (AvgIpc) is 2.46. The molecule has 0 aliphatic carbocycles. The Bertz CT molecular complexity index is 645. The molecule has 1 aromatic heterocycles. The zero-order chi connectivity index (χ0) is 14.8. The fraction of sp³-hybridized carbons (Fsp3) is 0.143. The predicted molar refractivity (Wildman–Crippen MR) is 64.5 cm³/mol. The van der Waals surface area contributed by atoms with Crippen LogP contribution in [0.4, 0.5) is 13.2 Å². The minimum Gasteiger partial charge on any atom is -0.384 e. The summed E-state index contributed by atoms with van der Waals surface area (Å²) < 4.78 is 38.5. The first-order valence-electron chi connectivity index (χ1n) is 5.62. The zero-order valence-electron chi connectivity index (χ0n) is 10.1. The predicted octanol–water partition coefficient (Wildman–Crippen LogP) is 3.05. The van der Waals surface area contributed by atoms with E-state index in [1.807, 2.05) is 6.07 Å². The molecule has 3 nitrogen and oxygen atoms in total. The second-order valence-corrected chi connectivity index (χ2v) is 4.10. The van der Waals surface area contributed by atoms with Gasteiger partial charge in [-0.1, -0.05) is 12.1 Å². The molecule has 102 valence electrons. The second kappa shape index (κ2) is 5.31. The molecule has 1 unspecified atom stereocenters. The van der Waals surface area contributed by atoms with Gasteiger partial charge in [0.05, 0.1) is 17.2 Å². The Hall–Kier alpha value is -2.39. The van der Waals surface area contributed by atoms with Crippen molar-refractivity contribution in [2.24, 2.45) is 0 Å². The van der Waals surface area contributed by atoms with E-state index in [9.17, 15) is 18.3 Å². The van der Waals surface area contributed by atoms with Gasteiger partial charge in [0.25, 0.3) is 0 Å². The Morgan fingerprint density at radius 2 is 1.80 bits per heavy atom. The lowest BCUT2D eigenvalue weighted by Crippen LogP contribution is -2.13. The van der Waals surface area contributed by atoms with Crippen molar-refractivity contribution in [3.63, 3.8) is 0 Å². The summed E-state index contributed by atoms with van der Waals surface area (Å²) in [5.74, 6) is 0. The number of rotatable bonds is 2. The molecule has 1 heterocycles. The molecular formula is C14H9F3N2O. The van der Waals surface area contributed by atoms with Gasteiger partial charge < -0.3 is 5.11 Å². The minimum absolute atomic E-state index is 0.266. The highest BCUT2D eigenvalue weighted by atomic mass is 19.4. The van der Waals surface area contributed by atoms with E-state index in [1.165, 1.54) is 30.5 Å². The van der Waals surface area contributed by atoms with Crippen molar-refractivity contribution in [1.82, 2.24) is 4.98 Å². The van der Waals surface area contributed by atoms with Gasteiger partial charge in [0.2, 0.25) is 0 Å². The number of benzene rings is 1. The van der Waals surface area contributed by atoms with Crippen molar-refractivity contribution < 1.29 is 18.3 Å². The molecular weight excluding hydrogens is 269 g/mol. The van der Waals surface area contributed by atoms with Crippen LogP contribution in [0.5, 0.6) is 0 Å². The summed E-state index contributed by atoms with van der Waals surface area (Å²) in [7, 11) is 0. The largest absolute Gasteiger partial charge is 0.418 e. The molecule has 2 rings (SSSR count). The van der Waals surface area contributed by atoms with Crippen molar-refractivity contribution in [3.8, 4) is 6.07 Å². The SMILES string of the molecule is N#Cc1ccc(C(O)c2ccncc2C(F)(F)F)cc1. The summed E-state index contributed by atoms with van der Waals surface area (Å²) in [4.78, 5) is 3.44. The summed E-state index contributed by atoms with van der Waals surface area (Å²) in [6, 6.07) is 8.74. The lowest BCUT2D eigenvalue weighted by Gasteiger charge is -2.17. The lowest BCUT2D eigenvalue weighted by atomic mass is 9.97. The molecule has 1 aromatic carbocycles. The number of pyridine rings is 1. The Morgan fingerprint density at radius 1 is 1.15 bits per heavy atom. The van der Waals surface area contributed by atoms with E-state index in [4.69, 9.17) is 5.26 Å². The van der Waals surface area contributed by atoms with E-state index in [2.05, 4.69) is 4.98 Å². The first-order valence-corrected chi connectivity index (χ1v) is 5.62. The van der Waals surface area contributed by atoms with Crippen molar-refractivity contribution in [1.29, 1.82) is 5.26 Å². The molecule has 1 atom stereocenters. The normalized spacial score (nSPS) is 12.8. The molecule has 0 aliphatic heterocycles. The quantitative estimate of drug-likeness (QED) is 0.918. The van der Waals surface area contributed by atoms with E-state index in [-0.39, 0.29) is 11.1 Å². The van der Waals surface area contributed by atoms with Crippen LogP contribution < -0.4 is 0 Å². The van der Waals surface area contributed by atoms with Crippen LogP contribution in [0.1, 0.15) is 28.4 Å². The van der Waals surface area contributed by atoms with Crippen LogP contribution in [0, 0.1) is 11.3 Å². The van der Waals surface area contributed by atoms with Gasteiger partial charge in [-0.3, -0.25) is 4.98 Å². The van der Waals surface area contributed by atoms with Gasteiger partial charge in [-0.2, -0.15) is 18.4 Å². The maximum absolute atomic E-state index is 12.8. The lowest BCUT2D eigenvalue weighted by molar-refractivity contribution is -0.139. The molecule has 0 saturated heterocycles. The Balaban J connectivity index is 2.43. The number of alkyl halides is 3. The van der Waals surface area contributed by atoms with Crippen LogP contribution in [0.25, 0.3) is 0 Å². The summed E-state index contributed by atoms with van der Waals surface area (Å²) in [5.41, 5.74) is -0.596. The zero-order valence-corrected chi connectivity index (χ0v) is 10.1. The molecule has 0 amide bonds. The third-order valence-electron chi connectivity index (χ3n) is 2.81. The smallest absolute Gasteiger partial charge is 0.384 e. The third-order valence-corrected chi connectivity index (χ3v) is 2.81. The van der Waals surface area contributed by atoms with Gasteiger partial charge in [0, 0.05) is 18.0 Å². The highest BCUT2D eigenvalue weighted by Crippen LogP contribution is 2.35. The van der Waals surface area contributed by atoms with Gasteiger partial charge in [-0.25, -0.2) is 0 Å². The topological polar surface area (TPSA) is 56.9 Å². The third kappa shape index (κ3) is 2.78. The van der Waals surface area contributed by atoms with Crippen LogP contribution in [0.2, 0.25) is 0 Å². The van der Waals surface area contributed by atoms with Crippen LogP contribution in [0.15, 0.2) is 42.7 Å². The molecule has 2 aromatic rings. The van der Waals surface area contributed by atoms with Gasteiger partial charge in [-0.15, -0.1) is 0 Å². The highest BCUT2D eigenvalue weighted by molar-refractivity contribution is 5.38. The van der Waals surface area contributed by atoms with Crippen molar-refractivity contribution in [2.75, 3.05) is 0 Å². The highest BCUT2D eigenvalue weighted by Gasteiger charge is 2.35. The molecule has 6 heteroatoms. The number of aliphatic hydroxyl groups excluding tert-OH is 1. The van der Waals surface area contributed by atoms with Gasteiger partial charge >= 0.3 is 6.18 Å². The molecule has 1 N–H and O–H groups in total. The molecule has 0 fully saturated rings. The van der Waals surface area contributed by atoms with Crippen LogP contribution in [-0.2, 0) is 6.18 Å². The first-order chi connectivity index (χ1) is 9.43. The van der Waals surface area contributed by atoms with Gasteiger partial charge in [-0.05, 0) is 23.8 Å². The minimum atomic E-state index is -4.59. The fourth-order valence-electron chi connectivity index (χ4n) is 1.80. The Kier molecular flexibility index (Phi) is 3.72. The van der Waals surface area contributed by atoms with Gasteiger partial charge in [0.15, 0.2) is 0 Å². The van der Waals surface area contributed by atoms with Crippen molar-refractivity contribution >= 4 is 0 Å². The molecule has 0 aliphatic rings. The van der Waals surface area contributed by atoms with Crippen molar-refractivity contribution in [2.45, 2.75) is 12.3 Å². The van der Waals surface area contributed by atoms with Crippen LogP contribution in [0.3, 0.4) is 0 Å². The summed E-state index contributed by atoms with van der Waals surface area (Å²) in [6.45, 7) is 0. The number of hydrogen-bond acceptors (Lipinski definition) is 3. The monoisotopic (exact) mass is 278 g/mol. The maximum atomic E-state index is 12.8. The molecule has 0 radical (unpaired) electrons. The molecule has 0 saturated carbocycles. The summed E-state index contributed by atoms with van der Waals surface area (Å²) >= 11 is 0. The van der Waals surface area contributed by atoms with Crippen LogP contribution >= 0.6 is 0 Å². The Morgan fingerprint density at radius 3 is 2.35 bits per heavy atom. The maximum Gasteiger partial charge on any atom is 0.418 e. The number of halogens is 3. The van der Waals surface area contributed by atoms with E-state index in [0.717, 1.165) is 6.07 Å². The number of hydrogen-bond donors (Lipinski definition) is 1. The molecule has 0 bridgehead atoms. The van der Waals surface area contributed by atoms with Gasteiger partial charge in [0.1, 0.15) is 6.10 Å². The molecule has 0 spiro atoms. The Labute approximate surface area is 112 Å². The number of nitriles is 1. The number of aliphatic hydroxyl groups is 1.